The van der Waals surface area contributed by atoms with Gasteiger partial charge in [-0.25, -0.2) is 9.07 Å². The van der Waals surface area contributed by atoms with Crippen molar-refractivity contribution in [2.75, 3.05) is 11.9 Å². The van der Waals surface area contributed by atoms with Crippen molar-refractivity contribution in [3.63, 3.8) is 0 Å². The summed E-state index contributed by atoms with van der Waals surface area (Å²) in [6, 6.07) is 17.3. The number of fused-ring (bicyclic) bond motifs is 1. The van der Waals surface area contributed by atoms with Crippen molar-refractivity contribution in [2.45, 2.75) is 116 Å². The number of benzene rings is 2. The maximum absolute atomic E-state index is 15.1. The average molecular weight is 726 g/mol. The molecular formula is C41H52FN5O4Si. The zero-order chi connectivity index (χ0) is 37.4. The molecule has 276 valence electrons. The minimum atomic E-state index is -1.93. The minimum absolute atomic E-state index is 0.000419. The van der Waals surface area contributed by atoms with Crippen LogP contribution in [0.2, 0.25) is 25.7 Å². The highest BCUT2D eigenvalue weighted by molar-refractivity contribution is 6.76. The molecule has 2 aromatic heterocycles. The number of halogens is 1. The number of pyridine rings is 1. The van der Waals surface area contributed by atoms with Gasteiger partial charge < -0.3 is 19.9 Å². The van der Waals surface area contributed by atoms with Crippen LogP contribution in [0.3, 0.4) is 0 Å². The number of nitrogens with one attached hydrogen (secondary N) is 2. The molecule has 2 heterocycles. The van der Waals surface area contributed by atoms with Gasteiger partial charge in [-0.1, -0.05) is 50.0 Å². The summed E-state index contributed by atoms with van der Waals surface area (Å²) < 4.78 is 24.6. The molecular weight excluding hydrogens is 674 g/mol. The number of ether oxygens (including phenoxy) is 1. The van der Waals surface area contributed by atoms with E-state index in [0.717, 1.165) is 63.7 Å². The highest BCUT2D eigenvalue weighted by Gasteiger charge is 2.52. The molecule has 1 fully saturated rings. The Bertz CT molecular complexity index is 2010. The summed E-state index contributed by atoms with van der Waals surface area (Å²) in [7, 11) is -1.18. The van der Waals surface area contributed by atoms with Gasteiger partial charge in [-0.05, 0) is 112 Å². The van der Waals surface area contributed by atoms with Crippen molar-refractivity contribution >= 4 is 25.6 Å². The van der Waals surface area contributed by atoms with E-state index in [1.165, 1.54) is 0 Å². The van der Waals surface area contributed by atoms with Gasteiger partial charge >= 0.3 is 0 Å². The first-order chi connectivity index (χ1) is 24.6. The fourth-order valence-electron chi connectivity index (χ4n) is 7.11. The molecule has 1 saturated carbocycles. The van der Waals surface area contributed by atoms with E-state index in [4.69, 9.17) is 9.84 Å². The van der Waals surface area contributed by atoms with Gasteiger partial charge in [0, 0.05) is 55.8 Å². The van der Waals surface area contributed by atoms with Crippen molar-refractivity contribution in [3.05, 3.63) is 93.7 Å². The number of anilines is 1. The van der Waals surface area contributed by atoms with Crippen molar-refractivity contribution in [2.24, 2.45) is 0 Å². The van der Waals surface area contributed by atoms with Crippen LogP contribution < -0.4 is 16.2 Å². The summed E-state index contributed by atoms with van der Waals surface area (Å²) in [5.41, 5.74) is 6.32. The molecule has 0 bridgehead atoms. The zero-order valence-corrected chi connectivity index (χ0v) is 32.5. The molecule has 6 rings (SSSR count). The fraction of sp³-hybridized carbons (Fsp3) is 0.463. The van der Waals surface area contributed by atoms with Gasteiger partial charge in [0.2, 0.25) is 5.91 Å². The van der Waals surface area contributed by atoms with Crippen molar-refractivity contribution in [1.29, 1.82) is 0 Å². The summed E-state index contributed by atoms with van der Waals surface area (Å²) in [5, 5.41) is 10.6. The molecule has 2 N–H and O–H groups in total. The Morgan fingerprint density at radius 1 is 1.02 bits per heavy atom. The van der Waals surface area contributed by atoms with Gasteiger partial charge in [-0.3, -0.25) is 14.4 Å². The molecule has 2 aromatic carbocycles. The Balaban J connectivity index is 1.24. The molecule has 2 aliphatic rings. The van der Waals surface area contributed by atoms with Crippen LogP contribution in [0.25, 0.3) is 22.3 Å². The van der Waals surface area contributed by atoms with E-state index < -0.39 is 31.6 Å². The predicted octanol–water partition coefficient (Wildman–Crippen LogP) is 7.93. The minimum Gasteiger partial charge on any atom is -0.360 e. The monoisotopic (exact) mass is 725 g/mol. The molecule has 52 heavy (non-hydrogen) atoms. The van der Waals surface area contributed by atoms with Crippen LogP contribution in [0.1, 0.15) is 74.0 Å². The zero-order valence-electron chi connectivity index (χ0n) is 31.5. The Labute approximate surface area is 307 Å². The number of hydrogen-bond donors (Lipinski definition) is 2. The van der Waals surface area contributed by atoms with Gasteiger partial charge in [-0.15, -0.1) is 0 Å². The summed E-state index contributed by atoms with van der Waals surface area (Å²) in [5.74, 6) is -1.49. The third-order valence-corrected chi connectivity index (χ3v) is 12.1. The molecule has 0 aliphatic heterocycles. The highest BCUT2D eigenvalue weighted by Crippen LogP contribution is 2.42. The first-order valence-corrected chi connectivity index (χ1v) is 22.2. The van der Waals surface area contributed by atoms with Crippen molar-refractivity contribution in [1.82, 2.24) is 19.7 Å². The van der Waals surface area contributed by atoms with E-state index in [9.17, 15) is 14.4 Å². The molecule has 9 nitrogen and oxygen atoms in total. The normalized spacial score (nSPS) is 17.1. The molecule has 2 amide bonds. The summed E-state index contributed by atoms with van der Waals surface area (Å²) in [6.45, 7) is 16.1. The molecule has 2 atom stereocenters. The van der Waals surface area contributed by atoms with Crippen LogP contribution in [0.4, 0.5) is 10.1 Å². The third-order valence-electron chi connectivity index (χ3n) is 10.4. The maximum Gasteiger partial charge on any atom is 0.258 e. The molecule has 2 aliphatic carbocycles. The number of nitrogens with zero attached hydrogens (tertiary/aromatic N) is 3. The lowest BCUT2D eigenvalue weighted by molar-refractivity contribution is -0.131. The molecule has 0 saturated heterocycles. The Kier molecular flexibility index (Phi) is 10.7. The lowest BCUT2D eigenvalue weighted by atomic mass is 9.77. The lowest BCUT2D eigenvalue weighted by Gasteiger charge is -2.33. The smallest absolute Gasteiger partial charge is 0.258 e. The quantitative estimate of drug-likeness (QED) is 0.108. The number of hydrogen-bond acceptors (Lipinski definition) is 5. The molecule has 0 spiro atoms. The van der Waals surface area contributed by atoms with E-state index in [0.29, 0.717) is 25.4 Å². The van der Waals surface area contributed by atoms with E-state index in [-0.39, 0.29) is 30.4 Å². The maximum atomic E-state index is 15.1. The number of rotatable bonds is 13. The van der Waals surface area contributed by atoms with Crippen LogP contribution in [0.15, 0.2) is 65.6 Å². The summed E-state index contributed by atoms with van der Waals surface area (Å²) in [6.07, 6.45) is 4.51. The standard InChI is InChI=1S/C41H52FN5O4Si/c1-26(2)46-24-32(15-18-36(46)48)31-12-11-29-9-8-10-34(35(29)23-31)38(44-40(50)41(42)19-20-41)39(49)43-33-16-13-30(14-17-33)37-27(3)45-47(28(37)4)25-51-21-22-52(5,6)7/h11-18,23-24,26,34,38H,8-10,19-22,25H2,1-7H3,(H,43,49)(H,44,50)/t34-,38+/m1/s1. The Morgan fingerprint density at radius 3 is 2.38 bits per heavy atom. The van der Waals surface area contributed by atoms with Crippen molar-refractivity contribution in [3.8, 4) is 22.3 Å². The average Bonchev–Trinajstić information content (AvgIpc) is 3.79. The van der Waals surface area contributed by atoms with Gasteiger partial charge in [0.05, 0.1) is 5.69 Å². The van der Waals surface area contributed by atoms with Gasteiger partial charge in [0.1, 0.15) is 12.8 Å². The number of aryl methyl sites for hydroxylation is 2. The second kappa shape index (κ2) is 14.9. The molecule has 0 unspecified atom stereocenters. The van der Waals surface area contributed by atoms with Crippen LogP contribution in [-0.4, -0.2) is 52.6 Å². The number of carbonyl (C=O) groups excluding carboxylic acids is 2. The van der Waals surface area contributed by atoms with Crippen LogP contribution in [-0.2, 0) is 27.5 Å². The van der Waals surface area contributed by atoms with E-state index in [1.54, 1.807) is 10.6 Å². The number of carbonyl (C=O) groups is 2. The van der Waals surface area contributed by atoms with E-state index >= 15 is 4.39 Å². The van der Waals surface area contributed by atoms with Crippen LogP contribution in [0.5, 0.6) is 0 Å². The SMILES string of the molecule is Cc1nn(COCC[Si](C)(C)C)c(C)c1-c1ccc(NC(=O)[C@@H](NC(=O)C2(F)CC2)[C@@H]2CCCc3ccc(-c4ccc(=O)n(C(C)C)c4)cc32)cc1. The summed E-state index contributed by atoms with van der Waals surface area (Å²) in [4.78, 5) is 39.8. The topological polar surface area (TPSA) is 107 Å². The number of amides is 2. The van der Waals surface area contributed by atoms with Gasteiger partial charge in [0.15, 0.2) is 5.67 Å². The Hall–Kier alpha value is -4.35. The first-order valence-electron chi connectivity index (χ1n) is 18.5. The number of alkyl halides is 1. The predicted molar refractivity (Wildman–Crippen MR) is 207 cm³/mol. The van der Waals surface area contributed by atoms with Gasteiger partial charge in [-0.2, -0.15) is 5.10 Å². The second-order valence-electron chi connectivity index (χ2n) is 16.0. The number of aromatic nitrogens is 3. The highest BCUT2D eigenvalue weighted by atomic mass is 28.3. The van der Waals surface area contributed by atoms with Crippen LogP contribution >= 0.6 is 0 Å². The van der Waals surface area contributed by atoms with Gasteiger partial charge in [0.25, 0.3) is 11.5 Å². The summed E-state index contributed by atoms with van der Waals surface area (Å²) >= 11 is 0. The molecule has 11 heteroatoms. The van der Waals surface area contributed by atoms with Crippen LogP contribution in [0, 0.1) is 13.8 Å². The molecule has 4 aromatic rings. The molecule has 0 radical (unpaired) electrons. The first kappa shape index (κ1) is 37.4. The third kappa shape index (κ3) is 8.31. The lowest BCUT2D eigenvalue weighted by Crippen LogP contribution is -2.51. The van der Waals surface area contributed by atoms with E-state index in [1.807, 2.05) is 75.0 Å². The van der Waals surface area contributed by atoms with E-state index in [2.05, 4.69) is 42.4 Å². The Morgan fingerprint density at radius 2 is 1.71 bits per heavy atom. The fourth-order valence-corrected chi connectivity index (χ4v) is 7.86. The second-order valence-corrected chi connectivity index (χ2v) is 21.7. The van der Waals surface area contributed by atoms with Crippen molar-refractivity contribution < 1.29 is 18.7 Å². The largest absolute Gasteiger partial charge is 0.360 e.